The van der Waals surface area contributed by atoms with Crippen LogP contribution < -0.4 is 4.74 Å². The molecule has 0 unspecified atom stereocenters. The fourth-order valence-electron chi connectivity index (χ4n) is 5.43. The molecular formula is C33H24F4N4O5. The zero-order chi connectivity index (χ0) is 32.5. The lowest BCUT2D eigenvalue weighted by Crippen LogP contribution is -2.26. The first-order valence-electron chi connectivity index (χ1n) is 14.0. The Morgan fingerprint density at radius 1 is 1.00 bits per heavy atom. The molecule has 0 aliphatic carbocycles. The van der Waals surface area contributed by atoms with Gasteiger partial charge in [0.2, 0.25) is 5.88 Å². The normalized spacial score (nSPS) is 16.1. The number of benzene rings is 3. The Kier molecular flexibility index (Phi) is 8.40. The van der Waals surface area contributed by atoms with Crippen molar-refractivity contribution in [3.63, 3.8) is 0 Å². The van der Waals surface area contributed by atoms with Gasteiger partial charge in [0.15, 0.2) is 5.82 Å². The molecule has 0 saturated carbocycles. The Hall–Kier alpha value is -5.32. The van der Waals surface area contributed by atoms with Crippen LogP contribution in [0.5, 0.6) is 5.88 Å². The third kappa shape index (κ3) is 5.88. The maximum atomic E-state index is 15.6. The molecule has 9 nitrogen and oxygen atoms in total. The summed E-state index contributed by atoms with van der Waals surface area (Å²) in [5.74, 6) is -4.25. The lowest BCUT2D eigenvalue weighted by atomic mass is 10.0. The maximum absolute atomic E-state index is 15.6. The molecule has 1 aliphatic heterocycles. The van der Waals surface area contributed by atoms with Gasteiger partial charge in [-0.25, -0.2) is 32.3 Å². The average Bonchev–Trinajstić information content (AvgIpc) is 3.66. The van der Waals surface area contributed by atoms with Crippen molar-refractivity contribution in [1.82, 2.24) is 14.5 Å². The van der Waals surface area contributed by atoms with E-state index in [-0.39, 0.29) is 82.5 Å². The predicted octanol–water partition coefficient (Wildman–Crippen LogP) is 5.98. The Bertz CT molecular complexity index is 2030. The largest absolute Gasteiger partial charge is 0.478 e. The molecule has 1 saturated heterocycles. The summed E-state index contributed by atoms with van der Waals surface area (Å²) in [7, 11) is 1.47. The highest BCUT2D eigenvalue weighted by atomic mass is 19.1. The van der Waals surface area contributed by atoms with E-state index in [1.54, 1.807) is 4.57 Å². The van der Waals surface area contributed by atoms with Crippen molar-refractivity contribution in [2.75, 3.05) is 20.3 Å². The molecule has 13 heteroatoms. The minimum Gasteiger partial charge on any atom is -0.478 e. The molecule has 1 N–H and O–H groups in total. The van der Waals surface area contributed by atoms with Crippen LogP contribution in [0.1, 0.15) is 38.9 Å². The fourth-order valence-corrected chi connectivity index (χ4v) is 5.43. The summed E-state index contributed by atoms with van der Waals surface area (Å²) in [4.78, 5) is 20.3. The van der Waals surface area contributed by atoms with Crippen molar-refractivity contribution >= 4 is 17.0 Å². The number of hydrogen-bond acceptors (Lipinski definition) is 7. The number of carboxylic acid groups (broad SMARTS) is 1. The summed E-state index contributed by atoms with van der Waals surface area (Å²) in [6, 6.07) is 13.8. The van der Waals surface area contributed by atoms with Crippen LogP contribution in [0.15, 0.2) is 60.7 Å². The molecule has 6 rings (SSSR count). The number of aromatic carboxylic acids is 1. The zero-order valence-electron chi connectivity index (χ0n) is 24.1. The second-order valence-electron chi connectivity index (χ2n) is 10.6. The summed E-state index contributed by atoms with van der Waals surface area (Å²) in [6.07, 6.45) is -0.746. The van der Waals surface area contributed by atoms with E-state index >= 15 is 13.2 Å². The molecule has 1 fully saturated rings. The topological polar surface area (TPSA) is 119 Å². The fraction of sp³-hybridized carbons (Fsp3) is 0.212. The Morgan fingerprint density at radius 3 is 2.54 bits per heavy atom. The summed E-state index contributed by atoms with van der Waals surface area (Å²) in [5.41, 5.74) is -0.121. The number of ether oxygens (including phenoxy) is 3. The van der Waals surface area contributed by atoms with Crippen LogP contribution in [-0.2, 0) is 22.5 Å². The lowest BCUT2D eigenvalue weighted by Gasteiger charge is -2.21. The van der Waals surface area contributed by atoms with Gasteiger partial charge in [-0.2, -0.15) is 5.26 Å². The van der Waals surface area contributed by atoms with E-state index < -0.39 is 41.4 Å². The summed E-state index contributed by atoms with van der Waals surface area (Å²) in [5, 5.41) is 18.4. The van der Waals surface area contributed by atoms with E-state index in [1.165, 1.54) is 43.5 Å². The van der Waals surface area contributed by atoms with Crippen LogP contribution >= 0.6 is 0 Å². The number of carbonyl (C=O) groups is 1. The molecule has 46 heavy (non-hydrogen) atoms. The van der Waals surface area contributed by atoms with Crippen molar-refractivity contribution in [2.24, 2.45) is 0 Å². The van der Waals surface area contributed by atoms with Crippen molar-refractivity contribution in [2.45, 2.75) is 25.2 Å². The Morgan fingerprint density at radius 2 is 1.80 bits per heavy atom. The molecule has 2 aromatic heterocycles. The van der Waals surface area contributed by atoms with Gasteiger partial charge in [-0.15, -0.1) is 0 Å². The van der Waals surface area contributed by atoms with Gasteiger partial charge >= 0.3 is 5.97 Å². The summed E-state index contributed by atoms with van der Waals surface area (Å²) in [6.45, 7) is 0.153. The molecular weight excluding hydrogens is 608 g/mol. The number of rotatable bonds is 9. The number of pyridine rings is 1. The van der Waals surface area contributed by atoms with Crippen LogP contribution in [0.2, 0.25) is 0 Å². The Labute approximate surface area is 259 Å². The molecule has 234 valence electrons. The minimum atomic E-state index is -1.34. The quantitative estimate of drug-likeness (QED) is 0.197. The van der Waals surface area contributed by atoms with E-state index in [2.05, 4.69) is 9.97 Å². The molecule has 0 spiro atoms. The summed E-state index contributed by atoms with van der Waals surface area (Å²) < 4.78 is 78.7. The van der Waals surface area contributed by atoms with Gasteiger partial charge in [0.05, 0.1) is 47.7 Å². The van der Waals surface area contributed by atoms with Crippen LogP contribution in [0.4, 0.5) is 17.6 Å². The first kappa shape index (κ1) is 30.7. The van der Waals surface area contributed by atoms with E-state index in [0.29, 0.717) is 0 Å². The van der Waals surface area contributed by atoms with E-state index in [4.69, 9.17) is 19.5 Å². The number of aromatic nitrogens is 3. The standard InChI is InChI=1S/C33H24F4N4O5/c1-44-29-16-45-15-28(29)41-27-10-20(33(42)43)9-25(37)32(27)40-30(41)11-19-8-24(36)21(12-23(19)35)26-3-2-4-31(39-26)46-14-18-6-5-17(13-38)7-22(18)34/h2-10,12,28-29H,11,14-16H2,1H3,(H,42,43)/t28-,29-/m0/s1. The summed E-state index contributed by atoms with van der Waals surface area (Å²) >= 11 is 0. The van der Waals surface area contributed by atoms with Crippen molar-refractivity contribution < 1.29 is 41.7 Å². The number of carboxylic acids is 1. The first-order valence-corrected chi connectivity index (χ1v) is 14.0. The maximum Gasteiger partial charge on any atom is 0.335 e. The van der Waals surface area contributed by atoms with E-state index in [9.17, 15) is 14.3 Å². The molecule has 1 aliphatic rings. The van der Waals surface area contributed by atoms with Crippen molar-refractivity contribution in [3.05, 3.63) is 112 Å². The molecule has 0 amide bonds. The number of nitriles is 1. The molecule has 2 atom stereocenters. The highest BCUT2D eigenvalue weighted by Crippen LogP contribution is 2.33. The SMILES string of the molecule is CO[C@H]1COC[C@@H]1n1c(Cc2cc(F)c(-c3cccc(OCc4ccc(C#N)cc4F)n3)cc2F)nc2c(F)cc(C(=O)O)cc21. The van der Waals surface area contributed by atoms with Gasteiger partial charge < -0.3 is 23.9 Å². The molecule has 3 aromatic carbocycles. The van der Waals surface area contributed by atoms with Gasteiger partial charge in [-0.05, 0) is 48.0 Å². The Balaban J connectivity index is 1.31. The van der Waals surface area contributed by atoms with E-state index in [1.807, 2.05) is 6.07 Å². The average molecular weight is 633 g/mol. The molecule has 5 aromatic rings. The number of halogens is 4. The van der Waals surface area contributed by atoms with Crippen LogP contribution in [0, 0.1) is 34.6 Å². The monoisotopic (exact) mass is 632 g/mol. The predicted molar refractivity (Wildman–Crippen MR) is 155 cm³/mol. The van der Waals surface area contributed by atoms with Crippen LogP contribution in [0.3, 0.4) is 0 Å². The van der Waals surface area contributed by atoms with Gasteiger partial charge in [-0.3, -0.25) is 0 Å². The van der Waals surface area contributed by atoms with Crippen LogP contribution in [0.25, 0.3) is 22.3 Å². The highest BCUT2D eigenvalue weighted by Gasteiger charge is 2.34. The number of fused-ring (bicyclic) bond motifs is 1. The minimum absolute atomic E-state index is 0.0353. The lowest BCUT2D eigenvalue weighted by molar-refractivity contribution is 0.0687. The molecule has 3 heterocycles. The second-order valence-corrected chi connectivity index (χ2v) is 10.6. The third-order valence-electron chi connectivity index (χ3n) is 7.74. The van der Waals surface area contributed by atoms with Crippen LogP contribution in [-0.4, -0.2) is 52.0 Å². The smallest absolute Gasteiger partial charge is 0.335 e. The molecule has 0 bridgehead atoms. The number of nitrogens with zero attached hydrogens (tertiary/aromatic N) is 4. The van der Waals surface area contributed by atoms with Gasteiger partial charge in [0.25, 0.3) is 0 Å². The molecule has 0 radical (unpaired) electrons. The highest BCUT2D eigenvalue weighted by molar-refractivity contribution is 5.93. The zero-order valence-corrected chi connectivity index (χ0v) is 24.1. The van der Waals surface area contributed by atoms with Gasteiger partial charge in [0.1, 0.15) is 41.5 Å². The van der Waals surface area contributed by atoms with Gasteiger partial charge in [-0.1, -0.05) is 12.1 Å². The van der Waals surface area contributed by atoms with Gasteiger partial charge in [0, 0.05) is 30.7 Å². The van der Waals surface area contributed by atoms with Crippen molar-refractivity contribution in [1.29, 1.82) is 5.26 Å². The van der Waals surface area contributed by atoms with Crippen molar-refractivity contribution in [3.8, 4) is 23.2 Å². The van der Waals surface area contributed by atoms with E-state index in [0.717, 1.165) is 24.3 Å². The number of hydrogen-bond donors (Lipinski definition) is 1. The second kappa shape index (κ2) is 12.6. The number of methoxy groups -OCH3 is 1. The number of imidazole rings is 1. The first-order chi connectivity index (χ1) is 22.2. The third-order valence-corrected chi connectivity index (χ3v) is 7.74.